The molecule has 0 saturated carbocycles. The van der Waals surface area contributed by atoms with Crippen LogP contribution in [0.2, 0.25) is 5.02 Å². The topological polar surface area (TPSA) is 32.8 Å². The summed E-state index contributed by atoms with van der Waals surface area (Å²) in [6.45, 7) is 7.92. The molecule has 0 spiro atoms. The predicted molar refractivity (Wildman–Crippen MR) is 101 cm³/mol. The molecule has 0 N–H and O–H groups in total. The Hall–Kier alpha value is -1.10. The lowest BCUT2D eigenvalue weighted by Gasteiger charge is -2.35. The van der Waals surface area contributed by atoms with Crippen molar-refractivity contribution >= 4 is 17.5 Å². The number of hydrogen-bond donors (Lipinski definition) is 0. The van der Waals surface area contributed by atoms with Crippen molar-refractivity contribution in [3.05, 3.63) is 34.9 Å². The summed E-state index contributed by atoms with van der Waals surface area (Å²) in [5.74, 6) is 1.68. The van der Waals surface area contributed by atoms with Gasteiger partial charge in [-0.15, -0.1) is 0 Å². The Labute approximate surface area is 156 Å². The van der Waals surface area contributed by atoms with Crippen LogP contribution in [0, 0.1) is 11.8 Å². The van der Waals surface area contributed by atoms with Crippen molar-refractivity contribution in [3.63, 3.8) is 0 Å². The summed E-state index contributed by atoms with van der Waals surface area (Å²) < 4.78 is 5.25. The lowest BCUT2D eigenvalue weighted by molar-refractivity contribution is -0.137. The van der Waals surface area contributed by atoms with Gasteiger partial charge in [-0.2, -0.15) is 0 Å². The number of carbonyl (C=O) groups is 1. The van der Waals surface area contributed by atoms with Gasteiger partial charge in [0.15, 0.2) is 0 Å². The van der Waals surface area contributed by atoms with Gasteiger partial charge in [-0.05, 0) is 62.3 Å². The third-order valence-electron chi connectivity index (χ3n) is 5.62. The van der Waals surface area contributed by atoms with Gasteiger partial charge in [0, 0.05) is 37.8 Å². The largest absolute Gasteiger partial charge is 0.372 e. The molecular formula is C20H29ClN2O2. The van der Waals surface area contributed by atoms with Gasteiger partial charge in [0.05, 0.1) is 0 Å². The maximum atomic E-state index is 12.0. The van der Waals surface area contributed by atoms with Crippen LogP contribution in [0.1, 0.15) is 31.7 Å². The second kappa shape index (κ2) is 9.02. The van der Waals surface area contributed by atoms with E-state index in [-0.39, 0.29) is 12.5 Å². The molecule has 0 aliphatic carbocycles. The molecule has 1 aromatic carbocycles. The zero-order chi connectivity index (χ0) is 17.6. The quantitative estimate of drug-likeness (QED) is 0.775. The van der Waals surface area contributed by atoms with Crippen LogP contribution in [-0.4, -0.2) is 55.1 Å². The van der Waals surface area contributed by atoms with E-state index in [1.807, 2.05) is 24.0 Å². The lowest BCUT2D eigenvalue weighted by atomic mass is 9.84. The van der Waals surface area contributed by atoms with E-state index in [0.29, 0.717) is 6.61 Å². The van der Waals surface area contributed by atoms with E-state index < -0.39 is 0 Å². The summed E-state index contributed by atoms with van der Waals surface area (Å²) in [5, 5.41) is 0.800. The highest BCUT2D eigenvalue weighted by molar-refractivity contribution is 6.30. The van der Waals surface area contributed by atoms with Crippen LogP contribution in [0.3, 0.4) is 0 Å². The fraction of sp³-hybridized carbons (Fsp3) is 0.650. The van der Waals surface area contributed by atoms with Crippen LogP contribution in [-0.2, 0) is 16.1 Å². The van der Waals surface area contributed by atoms with E-state index in [1.54, 1.807) is 0 Å². The second-order valence-electron chi connectivity index (χ2n) is 7.27. The molecule has 1 atom stereocenters. The minimum absolute atomic E-state index is 0.149. The fourth-order valence-electron chi connectivity index (χ4n) is 4.14. The van der Waals surface area contributed by atoms with Crippen LogP contribution in [0.25, 0.3) is 0 Å². The third kappa shape index (κ3) is 5.19. The maximum absolute atomic E-state index is 12.0. The molecule has 1 unspecified atom stereocenters. The van der Waals surface area contributed by atoms with Crippen LogP contribution in [0.4, 0.5) is 0 Å². The van der Waals surface area contributed by atoms with Crippen molar-refractivity contribution in [2.75, 3.05) is 39.4 Å². The molecule has 0 radical (unpaired) electrons. The smallest absolute Gasteiger partial charge is 0.248 e. The standard InChI is InChI=1S/C20H29ClN2O2/c1-2-25-15-20(24)23-11-8-17(9-12-23)18-7-10-22(14-18)13-16-3-5-19(21)6-4-16/h3-6,17-18H,2,7-15H2,1H3. The molecule has 2 aliphatic heterocycles. The van der Waals surface area contributed by atoms with E-state index in [9.17, 15) is 4.79 Å². The summed E-state index contributed by atoms with van der Waals surface area (Å²) >= 11 is 5.97. The fourth-order valence-corrected chi connectivity index (χ4v) is 4.27. The van der Waals surface area contributed by atoms with Gasteiger partial charge in [0.1, 0.15) is 6.61 Å². The van der Waals surface area contributed by atoms with Crippen molar-refractivity contribution in [1.29, 1.82) is 0 Å². The maximum Gasteiger partial charge on any atom is 0.248 e. The van der Waals surface area contributed by atoms with Gasteiger partial charge in [0.25, 0.3) is 0 Å². The molecule has 3 rings (SSSR count). The molecule has 2 heterocycles. The van der Waals surface area contributed by atoms with Gasteiger partial charge in [-0.3, -0.25) is 9.69 Å². The Morgan fingerprint density at radius 2 is 1.80 bits per heavy atom. The number of benzene rings is 1. The molecule has 1 aromatic rings. The number of rotatable bonds is 6. The highest BCUT2D eigenvalue weighted by atomic mass is 35.5. The number of halogens is 1. The molecule has 0 aromatic heterocycles. The van der Waals surface area contributed by atoms with Crippen LogP contribution < -0.4 is 0 Å². The number of hydrogen-bond acceptors (Lipinski definition) is 3. The molecule has 2 fully saturated rings. The van der Waals surface area contributed by atoms with E-state index in [1.165, 1.54) is 25.1 Å². The summed E-state index contributed by atoms with van der Waals surface area (Å²) in [4.78, 5) is 16.6. The number of likely N-dealkylation sites (tertiary alicyclic amines) is 2. The van der Waals surface area contributed by atoms with Crippen LogP contribution in [0.15, 0.2) is 24.3 Å². The molecule has 25 heavy (non-hydrogen) atoms. The van der Waals surface area contributed by atoms with E-state index in [2.05, 4.69) is 17.0 Å². The zero-order valence-electron chi connectivity index (χ0n) is 15.1. The Morgan fingerprint density at radius 3 is 2.48 bits per heavy atom. The van der Waals surface area contributed by atoms with Crippen LogP contribution >= 0.6 is 11.6 Å². The van der Waals surface area contributed by atoms with Gasteiger partial charge in [-0.25, -0.2) is 0 Å². The molecule has 2 saturated heterocycles. The molecule has 5 heteroatoms. The summed E-state index contributed by atoms with van der Waals surface area (Å²) in [7, 11) is 0. The van der Waals surface area contributed by atoms with E-state index in [4.69, 9.17) is 16.3 Å². The van der Waals surface area contributed by atoms with Crippen molar-refractivity contribution in [3.8, 4) is 0 Å². The Balaban J connectivity index is 1.42. The summed E-state index contributed by atoms with van der Waals surface area (Å²) in [6, 6.07) is 8.19. The average Bonchev–Trinajstić information content (AvgIpc) is 3.10. The van der Waals surface area contributed by atoms with Crippen molar-refractivity contribution in [2.24, 2.45) is 11.8 Å². The highest BCUT2D eigenvalue weighted by Crippen LogP contribution is 2.32. The third-order valence-corrected chi connectivity index (χ3v) is 5.87. The average molecular weight is 365 g/mol. The first-order valence-corrected chi connectivity index (χ1v) is 9.86. The number of carbonyl (C=O) groups excluding carboxylic acids is 1. The number of amides is 1. The Morgan fingerprint density at radius 1 is 1.12 bits per heavy atom. The monoisotopic (exact) mass is 364 g/mol. The summed E-state index contributed by atoms with van der Waals surface area (Å²) in [5.41, 5.74) is 1.33. The molecule has 2 aliphatic rings. The first-order valence-electron chi connectivity index (χ1n) is 9.48. The molecule has 138 valence electrons. The molecule has 1 amide bonds. The molecular weight excluding hydrogens is 336 g/mol. The number of ether oxygens (including phenoxy) is 1. The van der Waals surface area contributed by atoms with Gasteiger partial charge >= 0.3 is 0 Å². The Kier molecular flexibility index (Phi) is 6.74. The number of nitrogens with zero attached hydrogens (tertiary/aromatic N) is 2. The molecule has 0 bridgehead atoms. The van der Waals surface area contributed by atoms with Crippen molar-refractivity contribution in [1.82, 2.24) is 9.80 Å². The normalized spacial score (nSPS) is 22.5. The van der Waals surface area contributed by atoms with Gasteiger partial charge in [0.2, 0.25) is 5.91 Å². The van der Waals surface area contributed by atoms with Crippen LogP contribution in [0.5, 0.6) is 0 Å². The first kappa shape index (κ1) is 18.7. The lowest BCUT2D eigenvalue weighted by Crippen LogP contribution is -2.42. The highest BCUT2D eigenvalue weighted by Gasteiger charge is 2.32. The second-order valence-corrected chi connectivity index (χ2v) is 7.70. The SMILES string of the molecule is CCOCC(=O)N1CCC(C2CCN(Cc3ccc(Cl)cc3)C2)CC1. The minimum atomic E-state index is 0.149. The summed E-state index contributed by atoms with van der Waals surface area (Å²) in [6.07, 6.45) is 3.56. The van der Waals surface area contributed by atoms with E-state index >= 15 is 0 Å². The number of piperidine rings is 1. The Bertz CT molecular complexity index is 555. The molecule has 4 nitrogen and oxygen atoms in total. The minimum Gasteiger partial charge on any atom is -0.372 e. The van der Waals surface area contributed by atoms with E-state index in [0.717, 1.165) is 49.3 Å². The zero-order valence-corrected chi connectivity index (χ0v) is 15.9. The van der Waals surface area contributed by atoms with Crippen molar-refractivity contribution < 1.29 is 9.53 Å². The first-order chi connectivity index (χ1) is 12.2. The van der Waals surface area contributed by atoms with Gasteiger partial charge in [-0.1, -0.05) is 23.7 Å². The van der Waals surface area contributed by atoms with Crippen molar-refractivity contribution in [2.45, 2.75) is 32.7 Å². The predicted octanol–water partition coefficient (Wildman–Crippen LogP) is 3.44. The van der Waals surface area contributed by atoms with Gasteiger partial charge < -0.3 is 9.64 Å².